The summed E-state index contributed by atoms with van der Waals surface area (Å²) in [5.41, 5.74) is 9.84. The maximum Gasteiger partial charge on any atom is 0.127 e. The highest BCUT2D eigenvalue weighted by atomic mass is 15.1. The summed E-state index contributed by atoms with van der Waals surface area (Å²) in [6, 6.07) is 6.82. The van der Waals surface area contributed by atoms with Crippen LogP contribution in [0, 0.1) is 12.8 Å². The van der Waals surface area contributed by atoms with Gasteiger partial charge in [-0.1, -0.05) is 19.9 Å². The summed E-state index contributed by atoms with van der Waals surface area (Å²) in [5.74, 6) is 1.60. The number of nitrogens with two attached hydrogens (primary N) is 1. The molecule has 0 fully saturated rings. The molecule has 0 aliphatic carbocycles. The van der Waals surface area contributed by atoms with E-state index in [0.717, 1.165) is 17.8 Å². The molecule has 0 radical (unpaired) electrons. The maximum absolute atomic E-state index is 6.35. The molecule has 2 rings (SSSR count). The van der Waals surface area contributed by atoms with Gasteiger partial charge >= 0.3 is 0 Å². The largest absolute Gasteiger partial charge is 0.324 e. The summed E-state index contributed by atoms with van der Waals surface area (Å²) >= 11 is 0. The van der Waals surface area contributed by atoms with Crippen LogP contribution in [0.3, 0.4) is 0 Å². The van der Waals surface area contributed by atoms with Gasteiger partial charge in [-0.25, -0.2) is 4.98 Å². The van der Waals surface area contributed by atoms with Gasteiger partial charge in [-0.2, -0.15) is 0 Å². The molecule has 0 spiro atoms. The fourth-order valence-electron chi connectivity index (χ4n) is 2.64. The number of rotatable bonds is 4. The Morgan fingerprint density at radius 3 is 2.47 bits per heavy atom. The Morgan fingerprint density at radius 1 is 1.21 bits per heavy atom. The normalized spacial score (nSPS) is 13.7. The predicted molar refractivity (Wildman–Crippen MR) is 81.2 cm³/mol. The van der Waals surface area contributed by atoms with Crippen molar-refractivity contribution in [1.29, 1.82) is 0 Å². The molecule has 1 aromatic heterocycles. The van der Waals surface area contributed by atoms with Crippen LogP contribution in [0.2, 0.25) is 0 Å². The van der Waals surface area contributed by atoms with E-state index in [1.54, 1.807) is 0 Å². The third-order valence-electron chi connectivity index (χ3n) is 3.45. The quantitative estimate of drug-likeness (QED) is 0.902. The molecule has 19 heavy (non-hydrogen) atoms. The monoisotopic (exact) mass is 259 g/mol. The van der Waals surface area contributed by atoms with Gasteiger partial charge in [-0.05, 0) is 50.8 Å². The molecule has 1 unspecified atom stereocenters. The van der Waals surface area contributed by atoms with E-state index in [1.807, 2.05) is 0 Å². The Bertz CT molecular complexity index is 567. The zero-order chi connectivity index (χ0) is 14.2. The molecule has 3 nitrogen and oxygen atoms in total. The van der Waals surface area contributed by atoms with Crippen LogP contribution in [-0.2, 0) is 0 Å². The van der Waals surface area contributed by atoms with E-state index in [0.29, 0.717) is 12.0 Å². The van der Waals surface area contributed by atoms with Gasteiger partial charge < -0.3 is 10.3 Å². The van der Waals surface area contributed by atoms with Crippen LogP contribution in [-0.4, -0.2) is 9.55 Å². The summed E-state index contributed by atoms with van der Waals surface area (Å²) in [5, 5.41) is 0. The number of fused-ring (bicyclic) bond motifs is 1. The number of aromatic nitrogens is 2. The molecule has 1 heterocycles. The number of imidazole rings is 1. The summed E-state index contributed by atoms with van der Waals surface area (Å²) in [7, 11) is 0. The van der Waals surface area contributed by atoms with E-state index in [9.17, 15) is 0 Å². The molecule has 0 amide bonds. The molecule has 0 aliphatic rings. The number of hydrogen-bond acceptors (Lipinski definition) is 2. The third-order valence-corrected chi connectivity index (χ3v) is 3.45. The van der Waals surface area contributed by atoms with Crippen molar-refractivity contribution in [2.75, 3.05) is 0 Å². The molecule has 0 aliphatic heterocycles. The van der Waals surface area contributed by atoms with Gasteiger partial charge in [0.25, 0.3) is 0 Å². The first-order chi connectivity index (χ1) is 8.90. The van der Waals surface area contributed by atoms with Crippen molar-refractivity contribution >= 4 is 11.0 Å². The van der Waals surface area contributed by atoms with Crippen LogP contribution in [0.4, 0.5) is 0 Å². The Hall–Kier alpha value is -1.35. The molecule has 2 aromatic rings. The zero-order valence-corrected chi connectivity index (χ0v) is 12.6. The molecule has 0 saturated heterocycles. The van der Waals surface area contributed by atoms with Gasteiger partial charge in [-0.3, -0.25) is 0 Å². The first-order valence-electron chi connectivity index (χ1n) is 7.14. The van der Waals surface area contributed by atoms with Crippen molar-refractivity contribution in [2.24, 2.45) is 11.7 Å². The van der Waals surface area contributed by atoms with Gasteiger partial charge in [0.1, 0.15) is 5.82 Å². The van der Waals surface area contributed by atoms with Crippen LogP contribution in [0.5, 0.6) is 0 Å². The Kier molecular flexibility index (Phi) is 3.95. The smallest absolute Gasteiger partial charge is 0.127 e. The second-order valence-electron chi connectivity index (χ2n) is 6.16. The molecule has 104 valence electrons. The van der Waals surface area contributed by atoms with Crippen LogP contribution in [0.15, 0.2) is 18.2 Å². The van der Waals surface area contributed by atoms with Gasteiger partial charge in [0.15, 0.2) is 0 Å². The highest BCUT2D eigenvalue weighted by Crippen LogP contribution is 2.27. The maximum atomic E-state index is 6.35. The fourth-order valence-corrected chi connectivity index (χ4v) is 2.64. The molecular weight excluding hydrogens is 234 g/mol. The highest BCUT2D eigenvalue weighted by Gasteiger charge is 2.19. The molecule has 1 atom stereocenters. The standard InChI is InChI=1S/C16H25N3/c1-10(2)8-13(17)16-18-14-9-12(5)6-7-15(14)19(16)11(3)4/h6-7,9-11,13H,8,17H2,1-5H3. The van der Waals surface area contributed by atoms with Crippen molar-refractivity contribution in [3.63, 3.8) is 0 Å². The van der Waals surface area contributed by atoms with Crippen molar-refractivity contribution < 1.29 is 0 Å². The first-order valence-corrected chi connectivity index (χ1v) is 7.14. The summed E-state index contributed by atoms with van der Waals surface area (Å²) in [4.78, 5) is 4.79. The van der Waals surface area contributed by atoms with Crippen LogP contribution in [0.25, 0.3) is 11.0 Å². The second kappa shape index (κ2) is 5.33. The third kappa shape index (κ3) is 2.81. The fraction of sp³-hybridized carbons (Fsp3) is 0.562. The molecule has 1 aromatic carbocycles. The Labute approximate surface area is 115 Å². The Balaban J connectivity index is 2.56. The summed E-state index contributed by atoms with van der Waals surface area (Å²) < 4.78 is 2.28. The number of aryl methyl sites for hydroxylation is 1. The lowest BCUT2D eigenvalue weighted by molar-refractivity contribution is 0.463. The van der Waals surface area contributed by atoms with Crippen molar-refractivity contribution in [3.05, 3.63) is 29.6 Å². The van der Waals surface area contributed by atoms with Crippen LogP contribution >= 0.6 is 0 Å². The second-order valence-corrected chi connectivity index (χ2v) is 6.16. The minimum atomic E-state index is 0.00936. The van der Waals surface area contributed by atoms with Gasteiger partial charge in [0, 0.05) is 6.04 Å². The molecule has 2 N–H and O–H groups in total. The highest BCUT2D eigenvalue weighted by molar-refractivity contribution is 5.77. The average Bonchev–Trinajstić information content (AvgIpc) is 2.66. The van der Waals surface area contributed by atoms with Crippen LogP contribution < -0.4 is 5.73 Å². The van der Waals surface area contributed by atoms with E-state index < -0.39 is 0 Å². The Morgan fingerprint density at radius 2 is 1.89 bits per heavy atom. The van der Waals surface area contributed by atoms with Crippen molar-refractivity contribution in [1.82, 2.24) is 9.55 Å². The van der Waals surface area contributed by atoms with E-state index in [2.05, 4.69) is 57.4 Å². The van der Waals surface area contributed by atoms with Gasteiger partial charge in [0.05, 0.1) is 17.1 Å². The lowest BCUT2D eigenvalue weighted by atomic mass is 10.0. The van der Waals surface area contributed by atoms with Crippen molar-refractivity contribution in [3.8, 4) is 0 Å². The first kappa shape index (κ1) is 14.1. The minimum absolute atomic E-state index is 0.00936. The topological polar surface area (TPSA) is 43.8 Å². The summed E-state index contributed by atoms with van der Waals surface area (Å²) in [6.45, 7) is 10.9. The SMILES string of the molecule is Cc1ccc2c(c1)nc(C(N)CC(C)C)n2C(C)C. The predicted octanol–water partition coefficient (Wildman–Crippen LogP) is 3.97. The zero-order valence-electron chi connectivity index (χ0n) is 12.6. The number of nitrogens with zero attached hydrogens (tertiary/aromatic N) is 2. The van der Waals surface area contributed by atoms with Crippen LogP contribution in [0.1, 0.15) is 57.6 Å². The van der Waals surface area contributed by atoms with Gasteiger partial charge in [0.2, 0.25) is 0 Å². The summed E-state index contributed by atoms with van der Waals surface area (Å²) in [6.07, 6.45) is 0.967. The molecule has 0 saturated carbocycles. The lowest BCUT2D eigenvalue weighted by Gasteiger charge is -2.18. The van der Waals surface area contributed by atoms with E-state index >= 15 is 0 Å². The molecule has 3 heteroatoms. The van der Waals surface area contributed by atoms with E-state index in [4.69, 9.17) is 10.7 Å². The van der Waals surface area contributed by atoms with Crippen molar-refractivity contribution in [2.45, 2.75) is 53.1 Å². The average molecular weight is 259 g/mol. The lowest BCUT2D eigenvalue weighted by Crippen LogP contribution is -2.19. The van der Waals surface area contributed by atoms with E-state index in [-0.39, 0.29) is 6.04 Å². The number of benzene rings is 1. The van der Waals surface area contributed by atoms with E-state index in [1.165, 1.54) is 11.1 Å². The minimum Gasteiger partial charge on any atom is -0.324 e. The number of hydrogen-bond donors (Lipinski definition) is 1. The molecule has 0 bridgehead atoms. The molecular formula is C16H25N3. The van der Waals surface area contributed by atoms with Gasteiger partial charge in [-0.15, -0.1) is 0 Å².